The van der Waals surface area contributed by atoms with E-state index >= 15 is 0 Å². The Morgan fingerprint density at radius 2 is 1.81 bits per heavy atom. The number of carboxylic acids is 1. The maximum Gasteiger partial charge on any atom is 0.410 e. The van der Waals surface area contributed by atoms with E-state index in [2.05, 4.69) is 5.32 Å². The second-order valence-electron chi connectivity index (χ2n) is 6.72. The highest BCUT2D eigenvalue weighted by Crippen LogP contribution is 2.12. The van der Waals surface area contributed by atoms with Gasteiger partial charge in [0.25, 0.3) is 0 Å². The van der Waals surface area contributed by atoms with Crippen LogP contribution in [-0.4, -0.2) is 53.4 Å². The lowest BCUT2D eigenvalue weighted by Crippen LogP contribution is -2.46. The molecule has 8 nitrogen and oxygen atoms in total. The lowest BCUT2D eigenvalue weighted by molar-refractivity contribution is -0.142. The molecule has 2 amide bonds. The lowest BCUT2D eigenvalue weighted by atomic mass is 10.2. The number of carbonyl (C=O) groups is 3. The fourth-order valence-corrected chi connectivity index (χ4v) is 2.03. The zero-order chi connectivity index (χ0) is 19.7. The molecular formula is C18H26N2O6. The largest absolute Gasteiger partial charge is 0.480 e. The molecule has 1 unspecified atom stereocenters. The van der Waals surface area contributed by atoms with Gasteiger partial charge in [-0.15, -0.1) is 0 Å². The summed E-state index contributed by atoms with van der Waals surface area (Å²) in [6.07, 6.45) is -1.37. The quantitative estimate of drug-likeness (QED) is 0.768. The molecule has 2 N–H and O–H groups in total. The van der Waals surface area contributed by atoms with Crippen molar-refractivity contribution >= 4 is 18.2 Å². The average molecular weight is 366 g/mol. The van der Waals surface area contributed by atoms with Crippen molar-refractivity contribution in [1.82, 2.24) is 10.2 Å². The first-order chi connectivity index (χ1) is 12.1. The van der Waals surface area contributed by atoms with E-state index in [0.29, 0.717) is 0 Å². The third-order valence-electron chi connectivity index (χ3n) is 3.33. The number of ether oxygens (including phenoxy) is 2. The molecule has 0 aliphatic carbocycles. The van der Waals surface area contributed by atoms with Crippen molar-refractivity contribution in [1.29, 1.82) is 0 Å². The van der Waals surface area contributed by atoms with Gasteiger partial charge in [0.15, 0.2) is 0 Å². The highest BCUT2D eigenvalue weighted by molar-refractivity contribution is 5.80. The monoisotopic (exact) mass is 366 g/mol. The molecule has 1 rings (SSSR count). The third-order valence-corrected chi connectivity index (χ3v) is 3.33. The summed E-state index contributed by atoms with van der Waals surface area (Å²) < 4.78 is 10.2. The van der Waals surface area contributed by atoms with E-state index in [1.165, 1.54) is 7.05 Å². The highest BCUT2D eigenvalue weighted by Gasteiger charge is 2.29. The fourth-order valence-electron chi connectivity index (χ4n) is 2.03. The number of carboxylic acid groups (broad SMARTS) is 1. The van der Waals surface area contributed by atoms with Gasteiger partial charge in [0, 0.05) is 13.6 Å². The number of hydrogen-bond acceptors (Lipinski definition) is 5. The number of rotatable bonds is 7. The number of nitrogens with one attached hydrogen (secondary N) is 1. The van der Waals surface area contributed by atoms with Gasteiger partial charge in [-0.1, -0.05) is 30.3 Å². The van der Waals surface area contributed by atoms with Crippen molar-refractivity contribution in [3.05, 3.63) is 35.9 Å². The summed E-state index contributed by atoms with van der Waals surface area (Å²) in [6.45, 7) is 5.24. The van der Waals surface area contributed by atoms with Gasteiger partial charge in [0.05, 0.1) is 0 Å². The van der Waals surface area contributed by atoms with Crippen molar-refractivity contribution in [2.75, 3.05) is 13.6 Å². The molecule has 1 aromatic rings. The van der Waals surface area contributed by atoms with Crippen LogP contribution in [0.2, 0.25) is 0 Å². The molecule has 26 heavy (non-hydrogen) atoms. The second kappa shape index (κ2) is 9.65. The van der Waals surface area contributed by atoms with Crippen LogP contribution < -0.4 is 5.32 Å². The van der Waals surface area contributed by atoms with E-state index in [9.17, 15) is 19.5 Å². The molecule has 0 saturated carbocycles. The van der Waals surface area contributed by atoms with Gasteiger partial charge in [0.1, 0.15) is 18.2 Å². The summed E-state index contributed by atoms with van der Waals surface area (Å²) in [5.74, 6) is -1.18. The summed E-state index contributed by atoms with van der Waals surface area (Å²) in [4.78, 5) is 36.1. The van der Waals surface area contributed by atoms with Crippen LogP contribution in [0.25, 0.3) is 0 Å². The van der Waals surface area contributed by atoms with Gasteiger partial charge in [0.2, 0.25) is 0 Å². The number of carbonyl (C=O) groups excluding carboxylic acids is 2. The number of alkyl carbamates (subject to hydrolysis) is 1. The third kappa shape index (κ3) is 7.87. The minimum atomic E-state index is -1.18. The number of hydrogen-bond donors (Lipinski definition) is 2. The number of amides is 2. The van der Waals surface area contributed by atoms with E-state index < -0.39 is 29.8 Å². The van der Waals surface area contributed by atoms with Crippen molar-refractivity contribution in [2.24, 2.45) is 0 Å². The Hall–Kier alpha value is -2.77. The van der Waals surface area contributed by atoms with Crippen LogP contribution in [0.5, 0.6) is 0 Å². The van der Waals surface area contributed by atoms with Crippen molar-refractivity contribution < 1.29 is 29.0 Å². The van der Waals surface area contributed by atoms with Gasteiger partial charge in [-0.25, -0.2) is 14.4 Å². The molecule has 0 fully saturated rings. The van der Waals surface area contributed by atoms with Crippen LogP contribution >= 0.6 is 0 Å². The molecule has 0 aromatic heterocycles. The molecule has 0 aliphatic heterocycles. The van der Waals surface area contributed by atoms with Crippen LogP contribution in [0.4, 0.5) is 9.59 Å². The normalized spacial score (nSPS) is 12.0. The summed E-state index contributed by atoms with van der Waals surface area (Å²) in [7, 11) is 1.35. The van der Waals surface area contributed by atoms with E-state index in [4.69, 9.17) is 9.47 Å². The van der Waals surface area contributed by atoms with Crippen LogP contribution in [0.15, 0.2) is 30.3 Å². The summed E-state index contributed by atoms with van der Waals surface area (Å²) >= 11 is 0. The highest BCUT2D eigenvalue weighted by atomic mass is 16.6. The average Bonchev–Trinajstić information content (AvgIpc) is 2.55. The first-order valence-corrected chi connectivity index (χ1v) is 8.23. The molecule has 0 bridgehead atoms. The SMILES string of the molecule is CN(C(=O)OC(C)(C)C)C(CCNC(=O)OCc1ccccc1)C(=O)O. The fraction of sp³-hybridized carbons (Fsp3) is 0.500. The van der Waals surface area contributed by atoms with E-state index in [-0.39, 0.29) is 19.6 Å². The van der Waals surface area contributed by atoms with Gasteiger partial charge in [-0.2, -0.15) is 0 Å². The first-order valence-electron chi connectivity index (χ1n) is 8.23. The minimum absolute atomic E-state index is 0.0194. The Bertz CT molecular complexity index is 612. The predicted molar refractivity (Wildman–Crippen MR) is 94.7 cm³/mol. The zero-order valence-corrected chi connectivity index (χ0v) is 15.5. The van der Waals surface area contributed by atoms with Crippen LogP contribution in [0, 0.1) is 0 Å². The maximum atomic E-state index is 12.0. The van der Waals surface area contributed by atoms with Crippen LogP contribution in [-0.2, 0) is 20.9 Å². The standard InChI is InChI=1S/C18H26N2O6/c1-18(2,3)26-17(24)20(4)14(15(21)22)10-11-19-16(23)25-12-13-8-6-5-7-9-13/h5-9,14H,10-12H2,1-4H3,(H,19,23)(H,21,22). The van der Waals surface area contributed by atoms with Gasteiger partial charge < -0.3 is 19.9 Å². The van der Waals surface area contributed by atoms with Crippen molar-refractivity contribution in [3.63, 3.8) is 0 Å². The van der Waals surface area contributed by atoms with E-state index in [1.807, 2.05) is 30.3 Å². The molecule has 0 saturated heterocycles. The summed E-state index contributed by atoms with van der Waals surface area (Å²) in [5.41, 5.74) is 0.115. The molecule has 0 spiro atoms. The van der Waals surface area contributed by atoms with Crippen molar-refractivity contribution in [3.8, 4) is 0 Å². The van der Waals surface area contributed by atoms with E-state index in [0.717, 1.165) is 10.5 Å². The maximum absolute atomic E-state index is 12.0. The van der Waals surface area contributed by atoms with Gasteiger partial charge in [-0.05, 0) is 32.8 Å². The molecule has 144 valence electrons. The van der Waals surface area contributed by atoms with Gasteiger partial charge >= 0.3 is 18.2 Å². The molecule has 1 aromatic carbocycles. The molecule has 0 aliphatic rings. The Kier molecular flexibility index (Phi) is 7.89. The first kappa shape index (κ1) is 21.3. The van der Waals surface area contributed by atoms with Crippen LogP contribution in [0.3, 0.4) is 0 Å². The Balaban J connectivity index is 2.44. The molecule has 1 atom stereocenters. The molecule has 0 radical (unpaired) electrons. The van der Waals surface area contributed by atoms with Gasteiger partial charge in [-0.3, -0.25) is 4.90 Å². The Labute approximate surface area is 153 Å². The number of benzene rings is 1. The van der Waals surface area contributed by atoms with Crippen molar-refractivity contribution in [2.45, 2.75) is 45.4 Å². The minimum Gasteiger partial charge on any atom is -0.480 e. The number of likely N-dealkylation sites (N-methyl/N-ethyl adjacent to an activating group) is 1. The lowest BCUT2D eigenvalue weighted by Gasteiger charge is -2.28. The predicted octanol–water partition coefficient (Wildman–Crippen LogP) is 2.62. The Morgan fingerprint density at radius 1 is 1.19 bits per heavy atom. The van der Waals surface area contributed by atoms with Crippen LogP contribution in [0.1, 0.15) is 32.8 Å². The Morgan fingerprint density at radius 3 is 2.35 bits per heavy atom. The smallest absolute Gasteiger partial charge is 0.410 e. The molecule has 0 heterocycles. The number of aliphatic carboxylic acids is 1. The number of nitrogens with zero attached hydrogens (tertiary/aromatic N) is 1. The second-order valence-corrected chi connectivity index (χ2v) is 6.72. The topological polar surface area (TPSA) is 105 Å². The molecular weight excluding hydrogens is 340 g/mol. The summed E-state index contributed by atoms with van der Waals surface area (Å²) in [5, 5.41) is 11.8. The zero-order valence-electron chi connectivity index (χ0n) is 15.5. The summed E-state index contributed by atoms with van der Waals surface area (Å²) in [6, 6.07) is 8.05. The molecule has 8 heteroatoms. The van der Waals surface area contributed by atoms with E-state index in [1.54, 1.807) is 20.8 Å².